The third kappa shape index (κ3) is 5.31. The fraction of sp³-hybridized carbons (Fsp3) is 0.308. The molecule has 31 heavy (non-hydrogen) atoms. The number of aliphatic hydroxyl groups is 2. The van der Waals surface area contributed by atoms with Crippen LogP contribution < -0.4 is 4.74 Å². The number of halogens is 1. The van der Waals surface area contributed by atoms with E-state index >= 15 is 0 Å². The molecule has 1 saturated heterocycles. The van der Waals surface area contributed by atoms with Crippen LogP contribution in [0.15, 0.2) is 78.9 Å². The van der Waals surface area contributed by atoms with Gasteiger partial charge in [-0.3, -0.25) is 0 Å². The number of hydrogen-bond acceptors (Lipinski definition) is 4. The average Bonchev–Trinajstić information content (AvgIpc) is 2.80. The monoisotopic (exact) mass is 421 g/mol. The maximum atomic E-state index is 14.8. The molecule has 3 aromatic rings. The molecule has 162 valence electrons. The lowest BCUT2D eigenvalue weighted by Crippen LogP contribution is -2.46. The van der Waals surface area contributed by atoms with Crippen molar-refractivity contribution in [1.82, 2.24) is 4.90 Å². The van der Waals surface area contributed by atoms with Crippen LogP contribution in [0.25, 0.3) is 11.1 Å². The predicted octanol–water partition coefficient (Wildman–Crippen LogP) is 4.22. The van der Waals surface area contributed by atoms with Crippen LogP contribution in [-0.4, -0.2) is 47.5 Å². The largest absolute Gasteiger partial charge is 0.491 e. The van der Waals surface area contributed by atoms with E-state index < -0.39 is 11.7 Å². The molecule has 1 aliphatic rings. The summed E-state index contributed by atoms with van der Waals surface area (Å²) < 4.78 is 20.4. The van der Waals surface area contributed by atoms with Crippen LogP contribution in [0.3, 0.4) is 0 Å². The Morgan fingerprint density at radius 3 is 2.23 bits per heavy atom. The van der Waals surface area contributed by atoms with E-state index in [0.29, 0.717) is 43.6 Å². The Labute approximate surface area is 182 Å². The summed E-state index contributed by atoms with van der Waals surface area (Å²) in [6.07, 6.45) is 0.362. The van der Waals surface area contributed by atoms with Crippen molar-refractivity contribution in [3.63, 3.8) is 0 Å². The predicted molar refractivity (Wildman–Crippen MR) is 119 cm³/mol. The Morgan fingerprint density at radius 2 is 1.58 bits per heavy atom. The van der Waals surface area contributed by atoms with E-state index in [4.69, 9.17) is 4.74 Å². The molecular formula is C26H28FNO3. The summed E-state index contributed by atoms with van der Waals surface area (Å²) in [5.41, 5.74) is 0.905. The van der Waals surface area contributed by atoms with Gasteiger partial charge in [0.25, 0.3) is 0 Å². The zero-order chi connectivity index (χ0) is 21.7. The van der Waals surface area contributed by atoms with Gasteiger partial charge in [0.2, 0.25) is 0 Å². The number of piperidine rings is 1. The number of nitrogens with zero attached hydrogens (tertiary/aromatic N) is 1. The lowest BCUT2D eigenvalue weighted by Gasteiger charge is -2.39. The van der Waals surface area contributed by atoms with Gasteiger partial charge in [0.15, 0.2) is 0 Å². The molecule has 4 rings (SSSR count). The van der Waals surface area contributed by atoms with E-state index in [9.17, 15) is 14.6 Å². The molecule has 0 radical (unpaired) electrons. The van der Waals surface area contributed by atoms with E-state index in [-0.39, 0.29) is 12.4 Å². The summed E-state index contributed by atoms with van der Waals surface area (Å²) in [5.74, 6) is 0.406. The number of aliphatic hydroxyl groups excluding tert-OH is 1. The second-order valence-electron chi connectivity index (χ2n) is 8.17. The Kier molecular flexibility index (Phi) is 6.66. The summed E-state index contributed by atoms with van der Waals surface area (Å²) >= 11 is 0. The molecule has 1 atom stereocenters. The summed E-state index contributed by atoms with van der Waals surface area (Å²) in [6.45, 7) is 1.95. The van der Waals surface area contributed by atoms with Gasteiger partial charge in [0, 0.05) is 25.2 Å². The lowest BCUT2D eigenvalue weighted by atomic mass is 9.83. The van der Waals surface area contributed by atoms with Gasteiger partial charge >= 0.3 is 0 Å². The number of hydrogen-bond donors (Lipinski definition) is 2. The van der Waals surface area contributed by atoms with E-state index in [0.717, 1.165) is 11.3 Å². The van der Waals surface area contributed by atoms with Crippen LogP contribution in [0.2, 0.25) is 0 Å². The summed E-state index contributed by atoms with van der Waals surface area (Å²) in [7, 11) is 0. The van der Waals surface area contributed by atoms with Gasteiger partial charge in [-0.1, -0.05) is 60.7 Å². The number of β-amino-alcohol motifs (C(OH)–C–C–N with tert-alkyl or cyclic N) is 1. The minimum Gasteiger partial charge on any atom is -0.491 e. The Bertz CT molecular complexity index is 972. The van der Waals surface area contributed by atoms with Crippen LogP contribution in [-0.2, 0) is 5.60 Å². The van der Waals surface area contributed by atoms with Crippen molar-refractivity contribution in [1.29, 1.82) is 0 Å². The fourth-order valence-electron chi connectivity index (χ4n) is 4.11. The van der Waals surface area contributed by atoms with Crippen LogP contribution in [0.5, 0.6) is 5.75 Å². The van der Waals surface area contributed by atoms with Crippen molar-refractivity contribution < 1.29 is 19.3 Å². The van der Waals surface area contributed by atoms with Crippen LogP contribution in [0.4, 0.5) is 4.39 Å². The fourth-order valence-corrected chi connectivity index (χ4v) is 4.11. The second-order valence-corrected chi connectivity index (χ2v) is 8.17. The van der Waals surface area contributed by atoms with E-state index in [2.05, 4.69) is 4.90 Å². The van der Waals surface area contributed by atoms with Crippen LogP contribution in [0, 0.1) is 5.82 Å². The first-order valence-electron chi connectivity index (χ1n) is 10.7. The van der Waals surface area contributed by atoms with E-state index in [1.807, 2.05) is 66.7 Å². The van der Waals surface area contributed by atoms with Gasteiger partial charge in [-0.05, 0) is 42.2 Å². The molecule has 0 bridgehead atoms. The molecule has 5 heteroatoms. The van der Waals surface area contributed by atoms with Crippen molar-refractivity contribution in [2.24, 2.45) is 0 Å². The van der Waals surface area contributed by atoms with Crippen molar-refractivity contribution in [3.05, 3.63) is 90.2 Å². The summed E-state index contributed by atoms with van der Waals surface area (Å²) in [5, 5.41) is 21.5. The highest BCUT2D eigenvalue weighted by atomic mass is 19.1. The summed E-state index contributed by atoms with van der Waals surface area (Å²) in [6, 6.07) is 23.8. The highest BCUT2D eigenvalue weighted by Gasteiger charge is 2.35. The molecule has 1 aliphatic heterocycles. The molecule has 1 heterocycles. The molecule has 1 fully saturated rings. The van der Waals surface area contributed by atoms with Crippen molar-refractivity contribution >= 4 is 0 Å². The quantitative estimate of drug-likeness (QED) is 0.600. The van der Waals surface area contributed by atoms with Gasteiger partial charge in [-0.15, -0.1) is 0 Å². The maximum Gasteiger partial charge on any atom is 0.131 e. The minimum atomic E-state index is -1.06. The first-order valence-corrected chi connectivity index (χ1v) is 10.7. The van der Waals surface area contributed by atoms with Crippen LogP contribution in [0.1, 0.15) is 18.4 Å². The molecule has 4 nitrogen and oxygen atoms in total. The van der Waals surface area contributed by atoms with Crippen molar-refractivity contribution in [3.8, 4) is 16.9 Å². The van der Waals surface area contributed by atoms with Crippen LogP contribution >= 0.6 is 0 Å². The normalized spacial score (nSPS) is 17.3. The van der Waals surface area contributed by atoms with Gasteiger partial charge in [0.1, 0.15) is 24.3 Å². The molecule has 2 N–H and O–H groups in total. The molecule has 0 unspecified atom stereocenters. The van der Waals surface area contributed by atoms with E-state index in [1.165, 1.54) is 6.07 Å². The van der Waals surface area contributed by atoms with Gasteiger partial charge in [-0.2, -0.15) is 0 Å². The SMILES string of the molecule is O[C@H](COc1ccccc1)CN1CCC(O)(c2ccc(-c3ccccc3)c(F)c2)CC1. The molecule has 0 aliphatic carbocycles. The topological polar surface area (TPSA) is 52.9 Å². The molecule has 0 spiro atoms. The van der Waals surface area contributed by atoms with Crippen molar-refractivity contribution in [2.75, 3.05) is 26.2 Å². The average molecular weight is 422 g/mol. The Hall–Kier alpha value is -2.73. The highest BCUT2D eigenvalue weighted by Crippen LogP contribution is 2.35. The van der Waals surface area contributed by atoms with E-state index in [1.54, 1.807) is 6.07 Å². The van der Waals surface area contributed by atoms with Gasteiger partial charge in [0.05, 0.1) is 5.60 Å². The molecular weight excluding hydrogens is 393 g/mol. The standard InChI is InChI=1S/C26H28FNO3/c27-25-17-21(11-12-24(25)20-7-3-1-4-8-20)26(30)13-15-28(16-14-26)18-22(29)19-31-23-9-5-2-6-10-23/h1-12,17,22,29-30H,13-16,18-19H2/t22-/m0/s1. The number of likely N-dealkylation sites (tertiary alicyclic amines) is 1. The third-order valence-electron chi connectivity index (χ3n) is 5.93. The summed E-state index contributed by atoms with van der Waals surface area (Å²) in [4.78, 5) is 2.11. The third-order valence-corrected chi connectivity index (χ3v) is 5.93. The number of ether oxygens (including phenoxy) is 1. The Balaban J connectivity index is 1.32. The second kappa shape index (κ2) is 9.60. The Morgan fingerprint density at radius 1 is 0.935 bits per heavy atom. The zero-order valence-electron chi connectivity index (χ0n) is 17.5. The molecule has 3 aromatic carbocycles. The first-order chi connectivity index (χ1) is 15.0. The minimum absolute atomic E-state index is 0.219. The lowest BCUT2D eigenvalue weighted by molar-refractivity contribution is -0.0374. The van der Waals surface area contributed by atoms with Crippen molar-refractivity contribution in [2.45, 2.75) is 24.5 Å². The molecule has 0 saturated carbocycles. The van der Waals surface area contributed by atoms with Gasteiger partial charge in [-0.25, -0.2) is 4.39 Å². The number of para-hydroxylation sites is 1. The molecule has 0 aromatic heterocycles. The first kappa shape index (κ1) is 21.5. The van der Waals surface area contributed by atoms with Gasteiger partial charge < -0.3 is 19.8 Å². The smallest absolute Gasteiger partial charge is 0.131 e. The molecule has 0 amide bonds. The highest BCUT2D eigenvalue weighted by molar-refractivity contribution is 5.64. The maximum absolute atomic E-state index is 14.8. The zero-order valence-corrected chi connectivity index (χ0v) is 17.5. The number of rotatable bonds is 7. The number of benzene rings is 3.